The summed E-state index contributed by atoms with van der Waals surface area (Å²) in [5.41, 5.74) is 1.71. The fourth-order valence-electron chi connectivity index (χ4n) is 3.56. The highest BCUT2D eigenvalue weighted by atomic mass is 35.5. The first-order valence-electron chi connectivity index (χ1n) is 10.2. The number of nitrogens with one attached hydrogen (secondary N) is 1. The maximum atomic E-state index is 13.2. The quantitative estimate of drug-likeness (QED) is 0.403. The van der Waals surface area contributed by atoms with Crippen LogP contribution in [0.4, 0.5) is 5.69 Å². The van der Waals surface area contributed by atoms with E-state index in [9.17, 15) is 19.2 Å². The molecule has 0 aliphatic carbocycles. The fourth-order valence-corrected chi connectivity index (χ4v) is 4.67. The van der Waals surface area contributed by atoms with E-state index in [1.54, 1.807) is 24.3 Å². The molecule has 2 amide bonds. The molecule has 1 atom stereocenters. The van der Waals surface area contributed by atoms with Crippen molar-refractivity contribution < 1.29 is 19.2 Å². The maximum Gasteiger partial charge on any atom is 0.264 e. The zero-order valence-electron chi connectivity index (χ0n) is 18.3. The largest absolute Gasteiger partial charge is 0.588 e. The zero-order valence-corrected chi connectivity index (χ0v) is 19.8. The summed E-state index contributed by atoms with van der Waals surface area (Å²) >= 11 is 4.58. The highest BCUT2D eigenvalue weighted by Crippen LogP contribution is 2.37. The van der Waals surface area contributed by atoms with Crippen molar-refractivity contribution in [1.29, 1.82) is 0 Å². The molecular weight excluding hydrogens is 462 g/mol. The molecule has 2 N–H and O–H groups in total. The van der Waals surface area contributed by atoms with Crippen LogP contribution in [0.5, 0.6) is 5.88 Å². The van der Waals surface area contributed by atoms with Gasteiger partial charge in [0, 0.05) is 11.8 Å². The minimum atomic E-state index is -1.67. The number of aromatic hydroxyl groups is 1. The monoisotopic (exact) mass is 483 g/mol. The first kappa shape index (κ1) is 23.1. The Bertz CT molecular complexity index is 1240. The molecule has 3 aromatic rings. The van der Waals surface area contributed by atoms with Gasteiger partial charge in [0.1, 0.15) is 11.4 Å². The lowest BCUT2D eigenvalue weighted by molar-refractivity contribution is 0.0642. The molecule has 33 heavy (non-hydrogen) atoms. The Balaban J connectivity index is 1.63. The summed E-state index contributed by atoms with van der Waals surface area (Å²) in [7, 11) is 0. The number of hydrogen-bond acceptors (Lipinski definition) is 6. The Morgan fingerprint density at radius 2 is 1.73 bits per heavy atom. The highest BCUT2D eigenvalue weighted by molar-refractivity contribution is 7.92. The first-order chi connectivity index (χ1) is 15.6. The predicted octanol–water partition coefficient (Wildman–Crippen LogP) is 4.67. The number of aromatic nitrogens is 1. The number of rotatable bonds is 5. The maximum absolute atomic E-state index is 13.2. The number of pyridine rings is 1. The molecule has 1 aliphatic rings. The SMILES string of the molecule is CC(C)(C)c1ccc([S+]([O-])Nc2ccc(Cl)c3c2C(=O)N(Cc2cccnc2O)C3=O)cc1. The van der Waals surface area contributed by atoms with Gasteiger partial charge >= 0.3 is 0 Å². The molecule has 0 saturated heterocycles. The van der Waals surface area contributed by atoms with Gasteiger partial charge < -0.3 is 9.66 Å². The second kappa shape index (κ2) is 8.70. The molecule has 7 nitrogen and oxygen atoms in total. The van der Waals surface area contributed by atoms with E-state index in [-0.39, 0.29) is 39.7 Å². The Morgan fingerprint density at radius 1 is 1.06 bits per heavy atom. The van der Waals surface area contributed by atoms with E-state index < -0.39 is 23.2 Å². The normalized spacial score (nSPS) is 14.4. The van der Waals surface area contributed by atoms with E-state index in [1.807, 2.05) is 12.1 Å². The van der Waals surface area contributed by atoms with Crippen molar-refractivity contribution in [2.45, 2.75) is 37.6 Å². The van der Waals surface area contributed by atoms with Gasteiger partial charge in [-0.1, -0.05) is 50.6 Å². The third kappa shape index (κ3) is 4.42. The van der Waals surface area contributed by atoms with Crippen molar-refractivity contribution in [3.63, 3.8) is 0 Å². The summed E-state index contributed by atoms with van der Waals surface area (Å²) in [5, 5.41) is 10.1. The van der Waals surface area contributed by atoms with Crippen LogP contribution in [0.15, 0.2) is 59.6 Å². The van der Waals surface area contributed by atoms with Gasteiger partial charge in [-0.3, -0.25) is 14.5 Å². The van der Waals surface area contributed by atoms with Crippen molar-refractivity contribution >= 4 is 40.5 Å². The average molecular weight is 484 g/mol. The van der Waals surface area contributed by atoms with Crippen LogP contribution >= 0.6 is 11.6 Å². The van der Waals surface area contributed by atoms with Gasteiger partial charge in [0.05, 0.1) is 28.4 Å². The van der Waals surface area contributed by atoms with Crippen molar-refractivity contribution in [2.75, 3.05) is 4.72 Å². The highest BCUT2D eigenvalue weighted by Gasteiger charge is 2.40. The predicted molar refractivity (Wildman–Crippen MR) is 127 cm³/mol. The van der Waals surface area contributed by atoms with Crippen LogP contribution in [0, 0.1) is 0 Å². The lowest BCUT2D eigenvalue weighted by Crippen LogP contribution is -2.29. The van der Waals surface area contributed by atoms with Crippen molar-refractivity contribution in [1.82, 2.24) is 9.88 Å². The Labute approximate surface area is 199 Å². The van der Waals surface area contributed by atoms with Crippen LogP contribution in [0.3, 0.4) is 0 Å². The van der Waals surface area contributed by atoms with Gasteiger partial charge in [0.25, 0.3) is 11.8 Å². The third-order valence-corrected chi connectivity index (χ3v) is 6.83. The average Bonchev–Trinajstić information content (AvgIpc) is 3.02. The summed E-state index contributed by atoms with van der Waals surface area (Å²) in [6.07, 6.45) is 1.41. The van der Waals surface area contributed by atoms with Gasteiger partial charge in [-0.15, -0.1) is 0 Å². The van der Waals surface area contributed by atoms with E-state index >= 15 is 0 Å². The molecule has 9 heteroatoms. The molecule has 4 rings (SSSR count). The van der Waals surface area contributed by atoms with Gasteiger partial charge in [0.15, 0.2) is 4.90 Å². The molecule has 2 heterocycles. The number of carbonyl (C=O) groups excluding carboxylic acids is 2. The third-order valence-electron chi connectivity index (χ3n) is 5.41. The Morgan fingerprint density at radius 3 is 2.36 bits per heavy atom. The zero-order chi connectivity index (χ0) is 23.9. The van der Waals surface area contributed by atoms with Crippen LogP contribution in [0.1, 0.15) is 52.6 Å². The minimum Gasteiger partial charge on any atom is -0.588 e. The van der Waals surface area contributed by atoms with E-state index in [0.717, 1.165) is 10.5 Å². The summed E-state index contributed by atoms with van der Waals surface area (Å²) in [4.78, 5) is 31.5. The van der Waals surface area contributed by atoms with E-state index in [4.69, 9.17) is 11.6 Å². The molecular formula is C24H22ClN3O4S. The van der Waals surface area contributed by atoms with E-state index in [2.05, 4.69) is 30.5 Å². The van der Waals surface area contributed by atoms with Gasteiger partial charge in [-0.05, 0) is 41.3 Å². The molecule has 0 fully saturated rings. The molecule has 1 aliphatic heterocycles. The van der Waals surface area contributed by atoms with E-state index in [1.165, 1.54) is 18.3 Å². The molecule has 0 radical (unpaired) electrons. The van der Waals surface area contributed by atoms with Crippen LogP contribution in [0.25, 0.3) is 0 Å². The van der Waals surface area contributed by atoms with Crippen molar-refractivity contribution in [3.05, 3.63) is 82.0 Å². The lowest BCUT2D eigenvalue weighted by atomic mass is 9.87. The number of imide groups is 1. The molecule has 170 valence electrons. The first-order valence-corrected chi connectivity index (χ1v) is 11.7. The second-order valence-corrected chi connectivity index (χ2v) is 10.3. The summed E-state index contributed by atoms with van der Waals surface area (Å²) in [6, 6.07) is 13.5. The summed E-state index contributed by atoms with van der Waals surface area (Å²) < 4.78 is 15.8. The van der Waals surface area contributed by atoms with Crippen LogP contribution in [0.2, 0.25) is 5.02 Å². The smallest absolute Gasteiger partial charge is 0.264 e. The van der Waals surface area contributed by atoms with Gasteiger partial charge in [0.2, 0.25) is 5.88 Å². The van der Waals surface area contributed by atoms with Crippen molar-refractivity contribution in [2.24, 2.45) is 0 Å². The number of anilines is 1. The summed E-state index contributed by atoms with van der Waals surface area (Å²) in [6.45, 7) is 6.11. The molecule has 1 aromatic heterocycles. The van der Waals surface area contributed by atoms with Crippen LogP contribution in [-0.4, -0.2) is 31.4 Å². The van der Waals surface area contributed by atoms with Crippen LogP contribution in [-0.2, 0) is 23.3 Å². The standard InChI is InChI=1S/C24H22ClN3O4S/c1-24(2,3)15-6-8-16(9-7-15)33(32)27-18-11-10-17(25)19-20(18)23(31)28(22(19)30)13-14-5-4-12-26-21(14)29/h4-12,27H,13H2,1-3H3,(H,26,29). The van der Waals surface area contributed by atoms with E-state index in [0.29, 0.717) is 10.5 Å². The minimum absolute atomic E-state index is 0.0372. The Hall–Kier alpha value is -3.07. The molecule has 1 unspecified atom stereocenters. The molecule has 0 bridgehead atoms. The number of fused-ring (bicyclic) bond motifs is 1. The number of amides is 2. The number of benzene rings is 2. The van der Waals surface area contributed by atoms with Gasteiger partial charge in [-0.25, -0.2) is 9.71 Å². The number of halogens is 1. The molecule has 0 spiro atoms. The Kier molecular flexibility index (Phi) is 6.09. The lowest BCUT2D eigenvalue weighted by Gasteiger charge is -2.19. The summed E-state index contributed by atoms with van der Waals surface area (Å²) in [5.74, 6) is -1.45. The number of carbonyl (C=O) groups is 2. The number of hydrogen-bond donors (Lipinski definition) is 2. The number of nitrogens with zero attached hydrogens (tertiary/aromatic N) is 2. The fraction of sp³-hybridized carbons (Fsp3) is 0.208. The second-order valence-electron chi connectivity index (χ2n) is 8.67. The topological polar surface area (TPSA) is 106 Å². The van der Waals surface area contributed by atoms with Crippen LogP contribution < -0.4 is 4.72 Å². The molecule has 0 saturated carbocycles. The molecule has 2 aromatic carbocycles. The van der Waals surface area contributed by atoms with Gasteiger partial charge in [-0.2, -0.15) is 0 Å². The van der Waals surface area contributed by atoms with Crippen molar-refractivity contribution in [3.8, 4) is 5.88 Å².